The van der Waals surface area contributed by atoms with E-state index in [0.717, 1.165) is 27.6 Å². The zero-order valence-electron chi connectivity index (χ0n) is 13.9. The third-order valence-corrected chi connectivity index (χ3v) is 4.23. The first kappa shape index (κ1) is 15.2. The predicted molar refractivity (Wildman–Crippen MR) is 97.2 cm³/mol. The maximum Gasteiger partial charge on any atom is 0.291 e. The number of rotatable bonds is 3. The number of aryl methyl sites for hydroxylation is 1. The van der Waals surface area contributed by atoms with Gasteiger partial charge in [-0.15, -0.1) is 0 Å². The summed E-state index contributed by atoms with van der Waals surface area (Å²) < 4.78 is 11.0. The maximum atomic E-state index is 12.7. The van der Waals surface area contributed by atoms with Gasteiger partial charge in [0.25, 0.3) is 5.91 Å². The van der Waals surface area contributed by atoms with Crippen molar-refractivity contribution in [3.05, 3.63) is 66.1 Å². The molecule has 0 saturated carbocycles. The highest BCUT2D eigenvalue weighted by atomic mass is 16.5. The quantitative estimate of drug-likeness (QED) is 0.598. The van der Waals surface area contributed by atoms with Crippen LogP contribution in [-0.4, -0.2) is 18.0 Å². The molecule has 0 bridgehead atoms. The van der Waals surface area contributed by atoms with Crippen LogP contribution in [0.2, 0.25) is 0 Å². The number of carbonyl (C=O) groups is 1. The fraction of sp³-hybridized carbons (Fsp3) is 0.100. The zero-order valence-corrected chi connectivity index (χ0v) is 13.9. The van der Waals surface area contributed by atoms with E-state index in [4.69, 9.17) is 9.15 Å². The summed E-state index contributed by atoms with van der Waals surface area (Å²) in [7, 11) is 1.61. The summed E-state index contributed by atoms with van der Waals surface area (Å²) in [5.41, 5.74) is 2.83. The van der Waals surface area contributed by atoms with Crippen molar-refractivity contribution in [3.8, 4) is 5.75 Å². The third kappa shape index (κ3) is 2.59. The normalized spacial score (nSPS) is 11.0. The second-order valence-electron chi connectivity index (χ2n) is 5.75. The highest BCUT2D eigenvalue weighted by Gasteiger charge is 2.19. The van der Waals surface area contributed by atoms with Crippen molar-refractivity contribution in [2.24, 2.45) is 0 Å². The van der Waals surface area contributed by atoms with Crippen LogP contribution in [0.15, 0.2) is 59.1 Å². The Kier molecular flexibility index (Phi) is 3.61. The summed E-state index contributed by atoms with van der Waals surface area (Å²) >= 11 is 0. The van der Waals surface area contributed by atoms with Crippen molar-refractivity contribution in [1.82, 2.24) is 4.98 Å². The number of pyridine rings is 1. The van der Waals surface area contributed by atoms with E-state index in [9.17, 15) is 4.79 Å². The molecule has 0 fully saturated rings. The fourth-order valence-electron chi connectivity index (χ4n) is 2.93. The van der Waals surface area contributed by atoms with Crippen LogP contribution in [-0.2, 0) is 0 Å². The molecule has 2 aromatic heterocycles. The van der Waals surface area contributed by atoms with Gasteiger partial charge in [0.1, 0.15) is 11.3 Å². The van der Waals surface area contributed by atoms with Gasteiger partial charge in [-0.2, -0.15) is 0 Å². The Labute approximate surface area is 144 Å². The second kappa shape index (κ2) is 5.94. The fourth-order valence-corrected chi connectivity index (χ4v) is 2.93. The molecular weight excluding hydrogens is 316 g/mol. The molecule has 0 radical (unpaired) electrons. The van der Waals surface area contributed by atoms with E-state index in [1.807, 2.05) is 49.4 Å². The molecule has 1 amide bonds. The molecule has 0 aliphatic carbocycles. The molecule has 25 heavy (non-hydrogen) atoms. The van der Waals surface area contributed by atoms with Gasteiger partial charge in [0.05, 0.1) is 18.3 Å². The van der Waals surface area contributed by atoms with Crippen LogP contribution in [0.4, 0.5) is 5.69 Å². The topological polar surface area (TPSA) is 64.4 Å². The lowest BCUT2D eigenvalue weighted by Gasteiger charge is -2.07. The lowest BCUT2D eigenvalue weighted by molar-refractivity contribution is 0.0998. The molecular formula is C20H16N2O3. The minimum Gasteiger partial charge on any atom is -0.497 e. The monoisotopic (exact) mass is 332 g/mol. The summed E-state index contributed by atoms with van der Waals surface area (Å²) in [6.07, 6.45) is 1.71. The van der Waals surface area contributed by atoms with Gasteiger partial charge in [-0.3, -0.25) is 9.78 Å². The number of ether oxygens (including phenoxy) is 1. The lowest BCUT2D eigenvalue weighted by atomic mass is 10.1. The molecule has 0 spiro atoms. The molecule has 124 valence electrons. The molecule has 4 aromatic rings. The van der Waals surface area contributed by atoms with Crippen molar-refractivity contribution in [2.45, 2.75) is 6.92 Å². The maximum absolute atomic E-state index is 12.7. The van der Waals surface area contributed by atoms with Crippen LogP contribution < -0.4 is 10.1 Å². The Morgan fingerprint density at radius 2 is 2.00 bits per heavy atom. The van der Waals surface area contributed by atoms with E-state index in [0.29, 0.717) is 11.3 Å². The number of aromatic nitrogens is 1. The zero-order chi connectivity index (χ0) is 17.4. The van der Waals surface area contributed by atoms with Gasteiger partial charge in [-0.1, -0.05) is 18.2 Å². The molecule has 2 heterocycles. The number of fused-ring (bicyclic) bond motifs is 2. The Balaban J connectivity index is 1.73. The Hall–Kier alpha value is -3.34. The minimum atomic E-state index is -0.300. The molecule has 1 N–H and O–H groups in total. The number of amides is 1. The van der Waals surface area contributed by atoms with Crippen molar-refractivity contribution in [2.75, 3.05) is 12.4 Å². The molecule has 5 nitrogen and oxygen atoms in total. The molecule has 4 rings (SSSR count). The summed E-state index contributed by atoms with van der Waals surface area (Å²) in [4.78, 5) is 17.1. The van der Waals surface area contributed by atoms with E-state index < -0.39 is 0 Å². The number of carbonyl (C=O) groups excluding carboxylic acids is 1. The second-order valence-corrected chi connectivity index (χ2v) is 5.75. The van der Waals surface area contributed by atoms with Gasteiger partial charge >= 0.3 is 0 Å². The van der Waals surface area contributed by atoms with Gasteiger partial charge < -0.3 is 14.5 Å². The van der Waals surface area contributed by atoms with Crippen molar-refractivity contribution >= 4 is 33.5 Å². The molecule has 0 atom stereocenters. The van der Waals surface area contributed by atoms with E-state index >= 15 is 0 Å². The molecule has 5 heteroatoms. The van der Waals surface area contributed by atoms with Gasteiger partial charge in [0.2, 0.25) is 0 Å². The van der Waals surface area contributed by atoms with E-state index in [-0.39, 0.29) is 11.7 Å². The van der Waals surface area contributed by atoms with Crippen LogP contribution in [0.5, 0.6) is 5.75 Å². The third-order valence-electron chi connectivity index (χ3n) is 4.23. The lowest BCUT2D eigenvalue weighted by Crippen LogP contribution is -2.12. The van der Waals surface area contributed by atoms with Gasteiger partial charge in [0.15, 0.2) is 5.76 Å². The van der Waals surface area contributed by atoms with Gasteiger partial charge in [-0.05, 0) is 37.3 Å². The van der Waals surface area contributed by atoms with E-state index in [2.05, 4.69) is 10.3 Å². The van der Waals surface area contributed by atoms with Crippen LogP contribution in [0.1, 0.15) is 16.1 Å². The number of benzene rings is 2. The first-order chi connectivity index (χ1) is 12.2. The highest BCUT2D eigenvalue weighted by Crippen LogP contribution is 2.30. The average Bonchev–Trinajstić information content (AvgIpc) is 2.98. The van der Waals surface area contributed by atoms with Crippen molar-refractivity contribution in [3.63, 3.8) is 0 Å². The number of hydrogen-bond donors (Lipinski definition) is 1. The van der Waals surface area contributed by atoms with Crippen LogP contribution in [0, 0.1) is 6.92 Å². The molecule has 0 saturated heterocycles. The molecule has 2 aromatic carbocycles. The smallest absolute Gasteiger partial charge is 0.291 e. The average molecular weight is 332 g/mol. The van der Waals surface area contributed by atoms with Gasteiger partial charge in [0, 0.05) is 22.5 Å². The summed E-state index contributed by atoms with van der Waals surface area (Å²) in [6.45, 7) is 1.86. The number of para-hydroxylation sites is 1. The standard InChI is InChI=1S/C20H16N2O3/c1-12-15-11-14(24-2)8-9-17(15)25-19(12)20(23)22-16-7-3-5-13-6-4-10-21-18(13)16/h3-11H,1-2H3,(H,22,23). The number of furan rings is 1. The first-order valence-electron chi connectivity index (χ1n) is 7.89. The van der Waals surface area contributed by atoms with Crippen molar-refractivity contribution in [1.29, 1.82) is 0 Å². The van der Waals surface area contributed by atoms with Crippen LogP contribution in [0.3, 0.4) is 0 Å². The number of hydrogen-bond acceptors (Lipinski definition) is 4. The summed E-state index contributed by atoms with van der Waals surface area (Å²) in [6, 6.07) is 15.0. The molecule has 0 aliphatic rings. The highest BCUT2D eigenvalue weighted by molar-refractivity contribution is 6.09. The Bertz CT molecular complexity index is 1090. The largest absolute Gasteiger partial charge is 0.497 e. The molecule has 0 aliphatic heterocycles. The number of methoxy groups -OCH3 is 1. The van der Waals surface area contributed by atoms with Crippen molar-refractivity contribution < 1.29 is 13.9 Å². The first-order valence-corrected chi connectivity index (χ1v) is 7.89. The van der Waals surface area contributed by atoms with Gasteiger partial charge in [-0.25, -0.2) is 0 Å². The minimum absolute atomic E-state index is 0.288. The number of anilines is 1. The Morgan fingerprint density at radius 1 is 1.16 bits per heavy atom. The van der Waals surface area contributed by atoms with Crippen LogP contribution >= 0.6 is 0 Å². The Morgan fingerprint density at radius 3 is 2.84 bits per heavy atom. The van der Waals surface area contributed by atoms with E-state index in [1.54, 1.807) is 19.4 Å². The number of nitrogens with one attached hydrogen (secondary N) is 1. The summed E-state index contributed by atoms with van der Waals surface area (Å²) in [5, 5.41) is 4.73. The SMILES string of the molecule is COc1ccc2oc(C(=O)Nc3cccc4cccnc34)c(C)c2c1. The number of nitrogens with zero attached hydrogens (tertiary/aromatic N) is 1. The van der Waals surface area contributed by atoms with E-state index in [1.165, 1.54) is 0 Å². The molecule has 0 unspecified atom stereocenters. The predicted octanol–water partition coefficient (Wildman–Crippen LogP) is 4.55. The van der Waals surface area contributed by atoms with Crippen LogP contribution in [0.25, 0.3) is 21.9 Å². The summed E-state index contributed by atoms with van der Waals surface area (Å²) in [5.74, 6) is 0.712.